The molecule has 0 saturated heterocycles. The first kappa shape index (κ1) is 28.6. The summed E-state index contributed by atoms with van der Waals surface area (Å²) in [7, 11) is 0. The molecule has 0 radical (unpaired) electrons. The predicted molar refractivity (Wildman–Crippen MR) is 117 cm³/mol. The molecule has 0 spiro atoms. The van der Waals surface area contributed by atoms with Gasteiger partial charge in [-0.15, -0.1) is 0 Å². The molecule has 38 heavy (non-hydrogen) atoms. The van der Waals surface area contributed by atoms with Gasteiger partial charge in [-0.3, -0.25) is 9.59 Å². The third-order valence-corrected chi connectivity index (χ3v) is 5.16. The molecule has 0 bridgehead atoms. The number of carbonyl (C=O) groups excluding carboxylic acids is 1. The summed E-state index contributed by atoms with van der Waals surface area (Å²) in [6.07, 6.45) is -10.2. The van der Waals surface area contributed by atoms with Crippen molar-refractivity contribution in [2.75, 3.05) is 11.9 Å². The van der Waals surface area contributed by atoms with Crippen molar-refractivity contribution in [2.24, 2.45) is 0 Å². The molecule has 1 heterocycles. The molecule has 0 atom stereocenters. The van der Waals surface area contributed by atoms with Crippen LogP contribution in [0.1, 0.15) is 22.5 Å². The van der Waals surface area contributed by atoms with Crippen LogP contribution in [-0.4, -0.2) is 46.7 Å². The molecule has 1 aromatic heterocycles. The molecule has 2 aromatic carbocycles. The van der Waals surface area contributed by atoms with Crippen molar-refractivity contribution in [1.29, 1.82) is 0 Å². The van der Waals surface area contributed by atoms with Crippen LogP contribution in [0.15, 0.2) is 59.5 Å². The molecule has 15 heteroatoms. The molecule has 3 rings (SSSR count). The van der Waals surface area contributed by atoms with Crippen LogP contribution in [0.5, 0.6) is 5.75 Å². The molecule has 3 aromatic rings. The molecular formula is C23H17F8N3O4. The van der Waals surface area contributed by atoms with E-state index in [4.69, 9.17) is 4.74 Å². The van der Waals surface area contributed by atoms with Gasteiger partial charge in [-0.05, 0) is 29.8 Å². The van der Waals surface area contributed by atoms with Crippen LogP contribution in [0.3, 0.4) is 0 Å². The number of nitrogens with zero attached hydrogens (tertiary/aromatic N) is 2. The van der Waals surface area contributed by atoms with E-state index >= 15 is 0 Å². The fourth-order valence-electron chi connectivity index (χ4n) is 3.25. The van der Waals surface area contributed by atoms with Crippen molar-refractivity contribution >= 4 is 11.6 Å². The lowest BCUT2D eigenvalue weighted by Gasteiger charge is -2.26. The molecule has 0 aliphatic heterocycles. The Labute approximate surface area is 208 Å². The average Bonchev–Trinajstić information content (AvgIpc) is 2.87. The van der Waals surface area contributed by atoms with Crippen molar-refractivity contribution < 1.29 is 49.8 Å². The molecule has 7 nitrogen and oxygen atoms in total. The van der Waals surface area contributed by atoms with Gasteiger partial charge in [0, 0.05) is 17.4 Å². The SMILES string of the molecule is O=C(Nc1ccc(C(O)(C(F)F)C(F)F)cc1)c1cn(C(F)F)nc(-c2ccccc2OCC(F)F)c1=O. The molecule has 1 amide bonds. The minimum Gasteiger partial charge on any atom is -0.487 e. The number of rotatable bonds is 10. The van der Waals surface area contributed by atoms with Crippen LogP contribution in [0.4, 0.5) is 40.8 Å². The van der Waals surface area contributed by atoms with E-state index in [1.807, 2.05) is 0 Å². The summed E-state index contributed by atoms with van der Waals surface area (Å²) >= 11 is 0. The number of carbonyl (C=O) groups is 1. The predicted octanol–water partition coefficient (Wildman–Crippen LogP) is 4.92. The maximum atomic E-state index is 13.5. The Kier molecular flexibility index (Phi) is 8.70. The highest BCUT2D eigenvalue weighted by Crippen LogP contribution is 2.35. The Morgan fingerprint density at radius 3 is 2.13 bits per heavy atom. The normalized spacial score (nSPS) is 12.0. The Morgan fingerprint density at radius 2 is 1.58 bits per heavy atom. The monoisotopic (exact) mass is 551 g/mol. The fourth-order valence-corrected chi connectivity index (χ4v) is 3.25. The van der Waals surface area contributed by atoms with Crippen LogP contribution in [0.25, 0.3) is 11.3 Å². The largest absolute Gasteiger partial charge is 0.487 e. The van der Waals surface area contributed by atoms with E-state index in [0.29, 0.717) is 18.3 Å². The number of anilines is 1. The number of aliphatic hydroxyl groups is 1. The van der Waals surface area contributed by atoms with Crippen molar-refractivity contribution in [3.05, 3.63) is 76.1 Å². The summed E-state index contributed by atoms with van der Waals surface area (Å²) in [6.45, 7) is -4.42. The van der Waals surface area contributed by atoms with E-state index in [-0.39, 0.29) is 21.7 Å². The molecule has 2 N–H and O–H groups in total. The van der Waals surface area contributed by atoms with Crippen molar-refractivity contribution in [3.8, 4) is 17.0 Å². The molecule has 0 unspecified atom stereocenters. The van der Waals surface area contributed by atoms with Crippen molar-refractivity contribution in [3.63, 3.8) is 0 Å². The number of hydrogen-bond acceptors (Lipinski definition) is 5. The topological polar surface area (TPSA) is 93.5 Å². The first-order chi connectivity index (χ1) is 17.9. The van der Waals surface area contributed by atoms with Crippen LogP contribution < -0.4 is 15.5 Å². The second kappa shape index (κ2) is 11.6. The highest BCUT2D eigenvalue weighted by atomic mass is 19.3. The summed E-state index contributed by atoms with van der Waals surface area (Å²) in [4.78, 5) is 25.8. The van der Waals surface area contributed by atoms with Gasteiger partial charge >= 0.3 is 6.55 Å². The number of amides is 1. The van der Waals surface area contributed by atoms with Gasteiger partial charge in [-0.25, -0.2) is 31.0 Å². The number of hydrogen-bond donors (Lipinski definition) is 2. The lowest BCUT2D eigenvalue weighted by molar-refractivity contribution is -0.183. The number of para-hydroxylation sites is 1. The Hall–Kier alpha value is -4.01. The van der Waals surface area contributed by atoms with E-state index in [1.165, 1.54) is 24.3 Å². The first-order valence-corrected chi connectivity index (χ1v) is 10.5. The second-order valence-electron chi connectivity index (χ2n) is 7.63. The third kappa shape index (κ3) is 5.93. The molecular weight excluding hydrogens is 534 g/mol. The summed E-state index contributed by atoms with van der Waals surface area (Å²) in [5.41, 5.74) is -7.93. The zero-order valence-corrected chi connectivity index (χ0v) is 18.8. The van der Waals surface area contributed by atoms with Gasteiger partial charge in [-0.2, -0.15) is 13.9 Å². The molecule has 0 aliphatic rings. The quantitative estimate of drug-likeness (QED) is 0.349. The van der Waals surface area contributed by atoms with Crippen molar-refractivity contribution in [2.45, 2.75) is 31.4 Å². The smallest absolute Gasteiger partial charge is 0.333 e. The van der Waals surface area contributed by atoms with E-state index in [0.717, 1.165) is 12.1 Å². The Balaban J connectivity index is 1.99. The summed E-state index contributed by atoms with van der Waals surface area (Å²) in [5, 5.41) is 15.3. The standard InChI is InChI=1S/C23H17F8N3O4/c24-16(25)10-38-15-4-2-1-3-13(15)17-18(35)14(9-34(33-17)22(30)31)19(36)32-12-7-5-11(6-8-12)23(37,20(26)27)21(28)29/h1-9,16,20-22,37H,10H2,(H,32,36). The maximum absolute atomic E-state index is 13.5. The average molecular weight is 551 g/mol. The number of alkyl halides is 8. The summed E-state index contributed by atoms with van der Waals surface area (Å²) in [6, 6.07) is 8.15. The van der Waals surface area contributed by atoms with Crippen LogP contribution in [-0.2, 0) is 5.60 Å². The number of ether oxygens (including phenoxy) is 1. The first-order valence-electron chi connectivity index (χ1n) is 10.5. The van der Waals surface area contributed by atoms with Crippen LogP contribution in [0.2, 0.25) is 0 Å². The maximum Gasteiger partial charge on any atom is 0.333 e. The third-order valence-electron chi connectivity index (χ3n) is 5.16. The number of halogens is 8. The fraction of sp³-hybridized carbons (Fsp3) is 0.261. The van der Waals surface area contributed by atoms with Gasteiger partial charge in [0.15, 0.2) is 0 Å². The summed E-state index contributed by atoms with van der Waals surface area (Å²) < 4.78 is 109. The van der Waals surface area contributed by atoms with E-state index in [9.17, 15) is 49.8 Å². The molecule has 0 fully saturated rings. The number of nitrogens with one attached hydrogen (secondary N) is 1. The molecule has 0 aliphatic carbocycles. The zero-order valence-electron chi connectivity index (χ0n) is 18.8. The lowest BCUT2D eigenvalue weighted by Crippen LogP contribution is -2.41. The summed E-state index contributed by atoms with van der Waals surface area (Å²) in [5.74, 6) is -1.57. The Morgan fingerprint density at radius 1 is 0.974 bits per heavy atom. The van der Waals surface area contributed by atoms with Gasteiger partial charge in [0.1, 0.15) is 23.6 Å². The molecule has 204 valence electrons. The van der Waals surface area contributed by atoms with Gasteiger partial charge in [0.25, 0.3) is 25.2 Å². The van der Waals surface area contributed by atoms with E-state index < -0.39 is 66.2 Å². The van der Waals surface area contributed by atoms with Crippen molar-refractivity contribution in [1.82, 2.24) is 9.78 Å². The molecule has 0 saturated carbocycles. The highest BCUT2D eigenvalue weighted by molar-refractivity contribution is 6.04. The number of aromatic nitrogens is 2. The second-order valence-corrected chi connectivity index (χ2v) is 7.63. The van der Waals surface area contributed by atoms with Gasteiger partial charge in [0.2, 0.25) is 11.0 Å². The van der Waals surface area contributed by atoms with E-state index in [2.05, 4.69) is 10.4 Å². The minimum atomic E-state index is -3.85. The minimum absolute atomic E-state index is 0.0238. The zero-order chi connectivity index (χ0) is 28.2. The van der Waals surface area contributed by atoms with E-state index in [1.54, 1.807) is 0 Å². The van der Waals surface area contributed by atoms with Gasteiger partial charge in [-0.1, -0.05) is 24.3 Å². The van der Waals surface area contributed by atoms with Gasteiger partial charge < -0.3 is 15.2 Å². The Bertz CT molecular complexity index is 1320. The van der Waals surface area contributed by atoms with Gasteiger partial charge in [0.05, 0.1) is 0 Å². The van der Waals surface area contributed by atoms with Crippen LogP contribution in [0, 0.1) is 0 Å². The highest BCUT2D eigenvalue weighted by Gasteiger charge is 2.48. The van der Waals surface area contributed by atoms with Crippen LogP contribution >= 0.6 is 0 Å². The lowest BCUT2D eigenvalue weighted by atomic mass is 9.94. The number of benzene rings is 2.